The van der Waals surface area contributed by atoms with Crippen LogP contribution in [-0.2, 0) is 0 Å². The third kappa shape index (κ3) is 3.66. The molecule has 2 atom stereocenters. The molecule has 5 rings (SSSR count). The van der Waals surface area contributed by atoms with E-state index in [9.17, 15) is 14.8 Å². The molecule has 1 N–H and O–H groups in total. The van der Waals surface area contributed by atoms with Gasteiger partial charge in [-0.3, -0.25) is 4.68 Å². The van der Waals surface area contributed by atoms with Crippen molar-refractivity contribution in [1.29, 1.82) is 5.26 Å². The highest BCUT2D eigenvalue weighted by Gasteiger charge is 2.25. The molecule has 4 aromatic heterocycles. The van der Waals surface area contributed by atoms with Crippen molar-refractivity contribution in [3.8, 4) is 17.2 Å². The fourth-order valence-corrected chi connectivity index (χ4v) is 5.35. The third-order valence-electron chi connectivity index (χ3n) is 5.95. The van der Waals surface area contributed by atoms with Crippen LogP contribution in [0.3, 0.4) is 0 Å². The molecule has 1 saturated carbocycles. The Morgan fingerprint density at radius 2 is 2.16 bits per heavy atom. The van der Waals surface area contributed by atoms with Gasteiger partial charge in [-0.2, -0.15) is 15.5 Å². The Morgan fingerprint density at radius 1 is 1.28 bits per heavy atom. The van der Waals surface area contributed by atoms with Crippen molar-refractivity contribution < 1.29 is 9.50 Å². The van der Waals surface area contributed by atoms with Crippen molar-refractivity contribution in [3.63, 3.8) is 0 Å². The Morgan fingerprint density at radius 3 is 2.94 bits per heavy atom. The second kappa shape index (κ2) is 8.37. The average molecular weight is 449 g/mol. The number of nitrogens with zero attached hydrogens (tertiary/aromatic N) is 6. The summed E-state index contributed by atoms with van der Waals surface area (Å²) in [5, 5.41) is 28.8. The largest absolute Gasteiger partial charge is 0.393 e. The van der Waals surface area contributed by atoms with Crippen molar-refractivity contribution in [3.05, 3.63) is 60.1 Å². The van der Waals surface area contributed by atoms with E-state index in [1.807, 2.05) is 30.1 Å². The second-order valence-electron chi connectivity index (χ2n) is 8.01. The van der Waals surface area contributed by atoms with Crippen LogP contribution in [0.1, 0.15) is 43.0 Å². The topological polar surface area (TPSA) is 92.0 Å². The Hall–Kier alpha value is -3.22. The molecule has 0 aliphatic heterocycles. The Kier molecular flexibility index (Phi) is 5.41. The fourth-order valence-electron chi connectivity index (χ4n) is 4.38. The number of hydrogen-bond donors (Lipinski definition) is 1. The van der Waals surface area contributed by atoms with E-state index in [-0.39, 0.29) is 17.2 Å². The number of nitriles is 1. The number of pyridine rings is 2. The molecule has 1 fully saturated rings. The summed E-state index contributed by atoms with van der Waals surface area (Å²) >= 11 is 1.17. The molecule has 9 heteroatoms. The summed E-state index contributed by atoms with van der Waals surface area (Å²) < 4.78 is 18.0. The minimum absolute atomic E-state index is 0.169. The zero-order valence-corrected chi connectivity index (χ0v) is 18.3. The van der Waals surface area contributed by atoms with Gasteiger partial charge >= 0.3 is 0 Å². The average Bonchev–Trinajstić information content (AvgIpc) is 3.38. The highest BCUT2D eigenvalue weighted by molar-refractivity contribution is 7.99. The summed E-state index contributed by atoms with van der Waals surface area (Å²) in [6, 6.07) is 7.17. The van der Waals surface area contributed by atoms with Gasteiger partial charge in [-0.1, -0.05) is 11.8 Å². The molecule has 0 radical (unpaired) electrons. The molecule has 32 heavy (non-hydrogen) atoms. The van der Waals surface area contributed by atoms with E-state index in [2.05, 4.69) is 21.3 Å². The standard InChI is InChI=1S/C23H21FN6OS/c1-14-19(12-28-30(14)17-4-2-5-18(31)9-17)15-8-21(32-23-20(24)6-3-7-26-23)22-16(10-25)11-27-29(22)13-15/h3,6-8,11-13,17-18,31H,2,4-5,9H2,1H3/t17-,18-/m0/s1. The number of hydrogen-bond acceptors (Lipinski definition) is 6. The number of aliphatic hydroxyl groups is 1. The maximum absolute atomic E-state index is 14.3. The van der Waals surface area contributed by atoms with Crippen molar-refractivity contribution >= 4 is 17.3 Å². The summed E-state index contributed by atoms with van der Waals surface area (Å²) in [4.78, 5) is 4.84. The number of rotatable bonds is 4. The Balaban J connectivity index is 1.60. The van der Waals surface area contributed by atoms with E-state index in [4.69, 9.17) is 0 Å². The summed E-state index contributed by atoms with van der Waals surface area (Å²) in [5.41, 5.74) is 3.83. The molecule has 1 aliphatic carbocycles. The summed E-state index contributed by atoms with van der Waals surface area (Å²) in [7, 11) is 0. The first-order valence-electron chi connectivity index (χ1n) is 10.5. The molecule has 0 bridgehead atoms. The monoisotopic (exact) mass is 448 g/mol. The van der Waals surface area contributed by atoms with Gasteiger partial charge in [0.25, 0.3) is 0 Å². The maximum Gasteiger partial charge on any atom is 0.155 e. The normalized spacial score (nSPS) is 18.7. The Labute approximate surface area is 188 Å². The van der Waals surface area contributed by atoms with E-state index < -0.39 is 5.82 Å². The lowest BCUT2D eigenvalue weighted by Crippen LogP contribution is -2.23. The number of aliphatic hydroxyl groups excluding tert-OH is 1. The molecule has 0 saturated heterocycles. The first kappa shape index (κ1) is 20.7. The highest BCUT2D eigenvalue weighted by atomic mass is 32.2. The van der Waals surface area contributed by atoms with Crippen LogP contribution in [0.25, 0.3) is 16.6 Å². The molecular formula is C23H21FN6OS. The molecule has 162 valence electrons. The molecule has 4 heterocycles. The summed E-state index contributed by atoms with van der Waals surface area (Å²) in [6.45, 7) is 2.02. The lowest BCUT2D eigenvalue weighted by atomic mass is 9.93. The van der Waals surface area contributed by atoms with Crippen LogP contribution in [0.2, 0.25) is 0 Å². The van der Waals surface area contributed by atoms with Gasteiger partial charge in [0.1, 0.15) is 11.1 Å². The molecule has 0 amide bonds. The number of halogens is 1. The van der Waals surface area contributed by atoms with Gasteiger partial charge in [-0.25, -0.2) is 13.9 Å². The van der Waals surface area contributed by atoms with E-state index in [1.54, 1.807) is 16.8 Å². The molecule has 1 aliphatic rings. The van der Waals surface area contributed by atoms with Gasteiger partial charge in [0.05, 0.1) is 35.6 Å². The lowest BCUT2D eigenvalue weighted by Gasteiger charge is -2.27. The van der Waals surface area contributed by atoms with Crippen LogP contribution in [0.4, 0.5) is 4.39 Å². The van der Waals surface area contributed by atoms with Crippen LogP contribution in [-0.4, -0.2) is 35.6 Å². The third-order valence-corrected chi connectivity index (χ3v) is 6.97. The minimum atomic E-state index is -0.418. The molecular weight excluding hydrogens is 427 g/mol. The smallest absolute Gasteiger partial charge is 0.155 e. The second-order valence-corrected chi connectivity index (χ2v) is 9.04. The highest BCUT2D eigenvalue weighted by Crippen LogP contribution is 2.37. The molecule has 0 unspecified atom stereocenters. The van der Waals surface area contributed by atoms with Crippen LogP contribution >= 0.6 is 11.8 Å². The van der Waals surface area contributed by atoms with Crippen LogP contribution in [0, 0.1) is 24.1 Å². The van der Waals surface area contributed by atoms with E-state index >= 15 is 0 Å². The van der Waals surface area contributed by atoms with Crippen LogP contribution < -0.4 is 0 Å². The zero-order valence-electron chi connectivity index (χ0n) is 17.4. The first-order chi connectivity index (χ1) is 15.5. The number of aromatic nitrogens is 5. The SMILES string of the molecule is Cc1c(-c2cc(Sc3ncccc3F)c3c(C#N)cnn3c2)cnn1[C@H]1CCC[C@H](O)C1. The molecule has 4 aromatic rings. The minimum Gasteiger partial charge on any atom is -0.393 e. The number of fused-ring (bicyclic) bond motifs is 1. The maximum atomic E-state index is 14.3. The van der Waals surface area contributed by atoms with Gasteiger partial charge in [0.2, 0.25) is 0 Å². The summed E-state index contributed by atoms with van der Waals surface area (Å²) in [5.74, 6) is -0.418. The van der Waals surface area contributed by atoms with Crippen molar-refractivity contribution in [2.45, 2.75) is 54.7 Å². The van der Waals surface area contributed by atoms with E-state index in [1.165, 1.54) is 24.0 Å². The fraction of sp³-hybridized carbons (Fsp3) is 0.304. The molecule has 0 spiro atoms. The van der Waals surface area contributed by atoms with Crippen LogP contribution in [0.15, 0.2) is 52.9 Å². The van der Waals surface area contributed by atoms with Gasteiger partial charge in [-0.05, 0) is 50.8 Å². The van der Waals surface area contributed by atoms with Gasteiger partial charge in [-0.15, -0.1) is 0 Å². The van der Waals surface area contributed by atoms with E-state index in [0.29, 0.717) is 22.4 Å². The predicted octanol–water partition coefficient (Wildman–Crippen LogP) is 4.54. The van der Waals surface area contributed by atoms with Crippen molar-refractivity contribution in [2.24, 2.45) is 0 Å². The van der Waals surface area contributed by atoms with Crippen molar-refractivity contribution in [1.82, 2.24) is 24.4 Å². The first-order valence-corrected chi connectivity index (χ1v) is 11.3. The van der Waals surface area contributed by atoms with E-state index in [0.717, 1.165) is 36.1 Å². The quantitative estimate of drug-likeness (QED) is 0.493. The molecule has 7 nitrogen and oxygen atoms in total. The Bertz CT molecular complexity index is 1340. The van der Waals surface area contributed by atoms with Crippen LogP contribution in [0.5, 0.6) is 0 Å². The molecule has 0 aromatic carbocycles. The zero-order chi connectivity index (χ0) is 22.2. The summed E-state index contributed by atoms with van der Waals surface area (Å²) in [6.07, 6.45) is 9.95. The van der Waals surface area contributed by atoms with Gasteiger partial charge < -0.3 is 5.11 Å². The van der Waals surface area contributed by atoms with Gasteiger partial charge in [0.15, 0.2) is 5.82 Å². The lowest BCUT2D eigenvalue weighted by molar-refractivity contribution is 0.0995. The van der Waals surface area contributed by atoms with Crippen molar-refractivity contribution in [2.75, 3.05) is 0 Å². The predicted molar refractivity (Wildman–Crippen MR) is 118 cm³/mol. The van der Waals surface area contributed by atoms with Gasteiger partial charge in [0, 0.05) is 34.1 Å².